The Balaban J connectivity index is 1.54. The number of carbonyl (C=O) groups is 1. The number of furan rings is 1. The van der Waals surface area contributed by atoms with Crippen molar-refractivity contribution in [1.29, 1.82) is 0 Å². The zero-order valence-corrected chi connectivity index (χ0v) is 15.8. The number of hydrogen-bond acceptors (Lipinski definition) is 5. The molecule has 2 aromatic heterocycles. The van der Waals surface area contributed by atoms with E-state index in [9.17, 15) is 4.79 Å². The molecule has 0 fully saturated rings. The molecule has 0 radical (unpaired) electrons. The largest absolute Gasteiger partial charge is 0.493 e. The molecule has 0 aliphatic rings. The first-order valence-electron chi connectivity index (χ1n) is 9.24. The van der Waals surface area contributed by atoms with Gasteiger partial charge < -0.3 is 19.6 Å². The minimum atomic E-state index is -0.836. The lowest BCUT2D eigenvalue weighted by molar-refractivity contribution is -0.137. The third-order valence-electron chi connectivity index (χ3n) is 4.46. The molecule has 1 unspecified atom stereocenters. The van der Waals surface area contributed by atoms with Crippen molar-refractivity contribution in [2.45, 2.75) is 25.2 Å². The second kappa shape index (κ2) is 9.60. The number of anilines is 1. The molecule has 0 saturated carbocycles. The number of carboxylic acids is 1. The van der Waals surface area contributed by atoms with Crippen LogP contribution < -0.4 is 10.1 Å². The van der Waals surface area contributed by atoms with Crippen LogP contribution in [0.25, 0.3) is 0 Å². The lowest BCUT2D eigenvalue weighted by Gasteiger charge is -2.13. The summed E-state index contributed by atoms with van der Waals surface area (Å²) in [5, 5.41) is 12.2. The molecule has 0 bridgehead atoms. The fraction of sp³-hybridized carbons (Fsp3) is 0.273. The van der Waals surface area contributed by atoms with E-state index in [4.69, 9.17) is 14.3 Å². The number of nitrogens with one attached hydrogen (secondary N) is 1. The lowest BCUT2D eigenvalue weighted by atomic mass is 9.94. The standard InChI is InChI=1S/C22H24N2O4/c1-23-21-6-2-4-18(24-21)11-13-27-19-9-7-16(8-10-19)14-17(15-22(25)26)20-5-3-12-28-20/h2-10,12,17H,11,13-15H2,1H3,(H,23,24)(H,25,26). The Morgan fingerprint density at radius 2 is 2.00 bits per heavy atom. The van der Waals surface area contributed by atoms with Crippen molar-refractivity contribution in [3.63, 3.8) is 0 Å². The molecule has 146 valence electrons. The molecule has 0 saturated heterocycles. The molecule has 6 heteroatoms. The van der Waals surface area contributed by atoms with Crippen molar-refractivity contribution >= 4 is 11.8 Å². The predicted molar refractivity (Wildman–Crippen MR) is 107 cm³/mol. The van der Waals surface area contributed by atoms with E-state index in [1.807, 2.05) is 55.6 Å². The Hall–Kier alpha value is -3.28. The van der Waals surface area contributed by atoms with Crippen molar-refractivity contribution in [1.82, 2.24) is 4.98 Å². The SMILES string of the molecule is CNc1cccc(CCOc2ccc(CC(CC(=O)O)c3ccco3)cc2)n1. The van der Waals surface area contributed by atoms with Gasteiger partial charge in [-0.2, -0.15) is 0 Å². The smallest absolute Gasteiger partial charge is 0.304 e. The number of pyridine rings is 1. The number of carboxylic acid groups (broad SMARTS) is 1. The molecule has 0 aliphatic heterocycles. The lowest BCUT2D eigenvalue weighted by Crippen LogP contribution is -2.08. The summed E-state index contributed by atoms with van der Waals surface area (Å²) in [5.74, 6) is 1.29. The summed E-state index contributed by atoms with van der Waals surface area (Å²) < 4.78 is 11.2. The van der Waals surface area contributed by atoms with Gasteiger partial charge in [0.15, 0.2) is 0 Å². The van der Waals surface area contributed by atoms with E-state index in [2.05, 4.69) is 10.3 Å². The Labute approximate surface area is 164 Å². The van der Waals surface area contributed by atoms with Gasteiger partial charge >= 0.3 is 5.97 Å². The summed E-state index contributed by atoms with van der Waals surface area (Å²) >= 11 is 0. The Kier molecular flexibility index (Phi) is 6.68. The zero-order chi connectivity index (χ0) is 19.8. The highest BCUT2D eigenvalue weighted by Crippen LogP contribution is 2.26. The fourth-order valence-corrected chi connectivity index (χ4v) is 3.05. The second-order valence-corrected chi connectivity index (χ2v) is 6.52. The van der Waals surface area contributed by atoms with Crippen LogP contribution in [0.5, 0.6) is 5.75 Å². The third kappa shape index (κ3) is 5.61. The van der Waals surface area contributed by atoms with E-state index < -0.39 is 5.97 Å². The summed E-state index contributed by atoms with van der Waals surface area (Å²) in [7, 11) is 1.84. The van der Waals surface area contributed by atoms with Crippen molar-refractivity contribution in [3.8, 4) is 5.75 Å². The molecule has 1 atom stereocenters. The number of aliphatic carboxylic acids is 1. The van der Waals surface area contributed by atoms with Gasteiger partial charge in [0.25, 0.3) is 0 Å². The van der Waals surface area contributed by atoms with Crippen molar-refractivity contribution in [2.75, 3.05) is 19.0 Å². The van der Waals surface area contributed by atoms with Crippen molar-refractivity contribution in [3.05, 3.63) is 77.9 Å². The first-order valence-corrected chi connectivity index (χ1v) is 9.24. The summed E-state index contributed by atoms with van der Waals surface area (Å²) in [5.41, 5.74) is 2.01. The van der Waals surface area contributed by atoms with E-state index in [1.165, 1.54) is 0 Å². The maximum atomic E-state index is 11.2. The van der Waals surface area contributed by atoms with Gasteiger partial charge in [-0.05, 0) is 48.4 Å². The summed E-state index contributed by atoms with van der Waals surface area (Å²) in [6.45, 7) is 0.535. The average molecular weight is 380 g/mol. The van der Waals surface area contributed by atoms with Crippen LogP contribution in [0.2, 0.25) is 0 Å². The fourth-order valence-electron chi connectivity index (χ4n) is 3.05. The summed E-state index contributed by atoms with van der Waals surface area (Å²) in [6.07, 6.45) is 2.92. The van der Waals surface area contributed by atoms with Crippen LogP contribution in [-0.2, 0) is 17.6 Å². The van der Waals surface area contributed by atoms with Gasteiger partial charge in [0.2, 0.25) is 0 Å². The third-order valence-corrected chi connectivity index (χ3v) is 4.46. The van der Waals surface area contributed by atoms with Crippen LogP contribution in [-0.4, -0.2) is 29.7 Å². The summed E-state index contributed by atoms with van der Waals surface area (Å²) in [4.78, 5) is 15.6. The van der Waals surface area contributed by atoms with E-state index in [-0.39, 0.29) is 12.3 Å². The topological polar surface area (TPSA) is 84.6 Å². The van der Waals surface area contributed by atoms with Crippen LogP contribution in [0.1, 0.15) is 29.4 Å². The monoisotopic (exact) mass is 380 g/mol. The van der Waals surface area contributed by atoms with E-state index >= 15 is 0 Å². The van der Waals surface area contributed by atoms with Crippen LogP contribution in [0.4, 0.5) is 5.82 Å². The molecular weight excluding hydrogens is 356 g/mol. The number of benzene rings is 1. The molecule has 2 heterocycles. The first-order chi connectivity index (χ1) is 13.6. The molecule has 3 aromatic rings. The number of ether oxygens (including phenoxy) is 1. The average Bonchev–Trinajstić information content (AvgIpc) is 3.23. The number of nitrogens with zero attached hydrogens (tertiary/aromatic N) is 1. The maximum Gasteiger partial charge on any atom is 0.304 e. The molecule has 2 N–H and O–H groups in total. The summed E-state index contributed by atoms with van der Waals surface area (Å²) in [6, 6.07) is 17.2. The Morgan fingerprint density at radius 1 is 1.18 bits per heavy atom. The van der Waals surface area contributed by atoms with E-state index in [0.29, 0.717) is 18.8 Å². The van der Waals surface area contributed by atoms with E-state index in [0.717, 1.165) is 29.2 Å². The van der Waals surface area contributed by atoms with Gasteiger partial charge in [-0.25, -0.2) is 4.98 Å². The number of hydrogen-bond donors (Lipinski definition) is 2. The van der Waals surface area contributed by atoms with Gasteiger partial charge in [0.05, 0.1) is 19.3 Å². The molecule has 0 spiro atoms. The zero-order valence-electron chi connectivity index (χ0n) is 15.8. The molecule has 28 heavy (non-hydrogen) atoms. The minimum Gasteiger partial charge on any atom is -0.493 e. The molecule has 0 aliphatic carbocycles. The van der Waals surface area contributed by atoms with E-state index in [1.54, 1.807) is 12.3 Å². The van der Waals surface area contributed by atoms with Crippen LogP contribution in [0.3, 0.4) is 0 Å². The van der Waals surface area contributed by atoms with Gasteiger partial charge in [0.1, 0.15) is 17.3 Å². The molecule has 3 rings (SSSR count). The first kappa shape index (κ1) is 19.5. The van der Waals surface area contributed by atoms with Crippen LogP contribution in [0, 0.1) is 0 Å². The van der Waals surface area contributed by atoms with Gasteiger partial charge in [-0.15, -0.1) is 0 Å². The number of rotatable bonds is 10. The Morgan fingerprint density at radius 3 is 2.68 bits per heavy atom. The highest BCUT2D eigenvalue weighted by atomic mass is 16.5. The predicted octanol–water partition coefficient (Wildman–Crippen LogP) is 4.14. The Bertz CT molecular complexity index is 876. The number of aromatic nitrogens is 1. The molecule has 1 aromatic carbocycles. The normalized spacial score (nSPS) is 11.8. The maximum absolute atomic E-state index is 11.2. The highest BCUT2D eigenvalue weighted by Gasteiger charge is 2.18. The van der Waals surface area contributed by atoms with Crippen molar-refractivity contribution < 1.29 is 19.1 Å². The van der Waals surface area contributed by atoms with Crippen LogP contribution >= 0.6 is 0 Å². The molecule has 0 amide bonds. The highest BCUT2D eigenvalue weighted by molar-refractivity contribution is 5.68. The van der Waals surface area contributed by atoms with Gasteiger partial charge in [-0.3, -0.25) is 4.79 Å². The minimum absolute atomic E-state index is 0.0322. The second-order valence-electron chi connectivity index (χ2n) is 6.52. The van der Waals surface area contributed by atoms with Crippen LogP contribution in [0.15, 0.2) is 65.3 Å². The van der Waals surface area contributed by atoms with Gasteiger partial charge in [0, 0.05) is 25.1 Å². The molecule has 6 nitrogen and oxygen atoms in total. The van der Waals surface area contributed by atoms with Crippen molar-refractivity contribution in [2.24, 2.45) is 0 Å². The quantitative estimate of drug-likeness (QED) is 0.550. The molecular formula is C22H24N2O4. The van der Waals surface area contributed by atoms with Gasteiger partial charge in [-0.1, -0.05) is 18.2 Å².